The van der Waals surface area contributed by atoms with Crippen LogP contribution in [0.2, 0.25) is 0 Å². The molecule has 184 valence electrons. The monoisotopic (exact) mass is 467 g/mol. The van der Waals surface area contributed by atoms with Crippen LogP contribution in [-0.4, -0.2) is 25.2 Å². The zero-order valence-electron chi connectivity index (χ0n) is 20.5. The molecule has 1 amide bonds. The Kier molecular flexibility index (Phi) is 8.60. The van der Waals surface area contributed by atoms with Gasteiger partial charge in [-0.3, -0.25) is 4.79 Å². The number of carbonyl (C=O) groups is 1. The van der Waals surface area contributed by atoms with Crippen molar-refractivity contribution < 1.29 is 18.7 Å². The Morgan fingerprint density at radius 3 is 2.47 bits per heavy atom. The van der Waals surface area contributed by atoms with Gasteiger partial charge in [-0.15, -0.1) is 0 Å². The van der Waals surface area contributed by atoms with Crippen molar-refractivity contribution in [1.82, 2.24) is 5.32 Å². The van der Waals surface area contributed by atoms with Crippen molar-refractivity contribution >= 4 is 5.91 Å². The third-order valence-electron chi connectivity index (χ3n) is 7.40. The van der Waals surface area contributed by atoms with E-state index in [1.165, 1.54) is 31.7 Å². The van der Waals surface area contributed by atoms with Crippen LogP contribution < -0.4 is 10.1 Å². The predicted octanol–water partition coefficient (Wildman–Crippen LogP) is 6.56. The highest BCUT2D eigenvalue weighted by Gasteiger charge is 2.35. The van der Waals surface area contributed by atoms with Crippen LogP contribution in [0.4, 0.5) is 4.39 Å². The third kappa shape index (κ3) is 6.59. The molecule has 1 aliphatic heterocycles. The summed E-state index contributed by atoms with van der Waals surface area (Å²) in [6.45, 7) is 5.06. The number of nitrogens with one attached hydrogen (secondary N) is 1. The molecule has 1 heterocycles. The van der Waals surface area contributed by atoms with E-state index in [9.17, 15) is 9.18 Å². The van der Waals surface area contributed by atoms with E-state index in [1.54, 1.807) is 12.1 Å². The average molecular weight is 468 g/mol. The second kappa shape index (κ2) is 11.8. The number of halogens is 1. The first-order valence-electron chi connectivity index (χ1n) is 12.9. The van der Waals surface area contributed by atoms with Gasteiger partial charge in [-0.05, 0) is 66.5 Å². The average Bonchev–Trinajstić information content (AvgIpc) is 3.11. The summed E-state index contributed by atoms with van der Waals surface area (Å²) in [5.41, 5.74) is 2.13. The Morgan fingerprint density at radius 2 is 1.79 bits per heavy atom. The normalized spacial score (nSPS) is 23.9. The summed E-state index contributed by atoms with van der Waals surface area (Å²) in [5, 5.41) is 3.12. The van der Waals surface area contributed by atoms with Gasteiger partial charge in [0.1, 0.15) is 11.6 Å². The number of hydrogen-bond donors (Lipinski definition) is 1. The van der Waals surface area contributed by atoms with Gasteiger partial charge in [0, 0.05) is 12.0 Å². The lowest BCUT2D eigenvalue weighted by Gasteiger charge is -2.39. The fraction of sp³-hybridized carbons (Fsp3) is 0.552. The van der Waals surface area contributed by atoms with Crippen molar-refractivity contribution in [2.45, 2.75) is 76.9 Å². The van der Waals surface area contributed by atoms with Crippen molar-refractivity contribution in [2.75, 3.05) is 13.2 Å². The molecule has 34 heavy (non-hydrogen) atoms. The molecule has 2 aliphatic rings. The van der Waals surface area contributed by atoms with Crippen molar-refractivity contribution in [3.05, 3.63) is 65.5 Å². The summed E-state index contributed by atoms with van der Waals surface area (Å²) in [7, 11) is 0. The van der Waals surface area contributed by atoms with Crippen LogP contribution >= 0.6 is 0 Å². The predicted molar refractivity (Wildman–Crippen MR) is 132 cm³/mol. The highest BCUT2D eigenvalue weighted by Crippen LogP contribution is 2.43. The Balaban J connectivity index is 1.32. The highest BCUT2D eigenvalue weighted by molar-refractivity contribution is 5.77. The van der Waals surface area contributed by atoms with Gasteiger partial charge >= 0.3 is 0 Å². The van der Waals surface area contributed by atoms with Crippen molar-refractivity contribution in [1.29, 1.82) is 0 Å². The lowest BCUT2D eigenvalue weighted by Crippen LogP contribution is -2.37. The van der Waals surface area contributed by atoms with Crippen LogP contribution in [0.3, 0.4) is 0 Å². The molecule has 4 nitrogen and oxygen atoms in total. The van der Waals surface area contributed by atoms with Crippen LogP contribution in [0.1, 0.15) is 81.9 Å². The van der Waals surface area contributed by atoms with Gasteiger partial charge in [-0.1, -0.05) is 63.8 Å². The number of ether oxygens (including phenoxy) is 2. The minimum Gasteiger partial charge on any atom is -0.484 e. The van der Waals surface area contributed by atoms with Crippen molar-refractivity contribution in [2.24, 2.45) is 11.8 Å². The standard InChI is InChI=1S/C29H38FNO3/c1-20(2)27-17-23(22-8-7-9-24(30)16-22)18-34-29(27)21-12-14-26(15-13-21)33-19-28(32)31-25-10-5-3-4-6-11-25/h7-9,12-16,20,23,25,27,29H,3-6,10-11,17-19H2,1-2H3,(H,31,32)/t23-,27-,29-/m0/s1. The second-order valence-corrected chi connectivity index (χ2v) is 10.3. The first-order valence-corrected chi connectivity index (χ1v) is 12.9. The molecule has 0 spiro atoms. The summed E-state index contributed by atoms with van der Waals surface area (Å²) in [5.74, 6) is 1.42. The molecular formula is C29H38FNO3. The molecule has 2 aromatic rings. The Morgan fingerprint density at radius 1 is 1.06 bits per heavy atom. The number of rotatable bonds is 7. The molecule has 0 bridgehead atoms. The van der Waals surface area contributed by atoms with Gasteiger partial charge < -0.3 is 14.8 Å². The summed E-state index contributed by atoms with van der Waals surface area (Å²) >= 11 is 0. The molecule has 1 N–H and O–H groups in total. The van der Waals surface area contributed by atoms with Gasteiger partial charge in [0.25, 0.3) is 5.91 Å². The van der Waals surface area contributed by atoms with E-state index in [1.807, 2.05) is 30.3 Å². The number of benzene rings is 2. The summed E-state index contributed by atoms with van der Waals surface area (Å²) in [4.78, 5) is 12.3. The highest BCUT2D eigenvalue weighted by atomic mass is 19.1. The quantitative estimate of drug-likeness (QED) is 0.469. The zero-order chi connectivity index (χ0) is 23.9. The van der Waals surface area contributed by atoms with Crippen LogP contribution in [0.15, 0.2) is 48.5 Å². The summed E-state index contributed by atoms with van der Waals surface area (Å²) < 4.78 is 25.8. The lowest BCUT2D eigenvalue weighted by atomic mass is 9.76. The zero-order valence-corrected chi connectivity index (χ0v) is 20.5. The smallest absolute Gasteiger partial charge is 0.258 e. The Hall–Kier alpha value is -2.40. The Bertz CT molecular complexity index is 921. The van der Waals surface area contributed by atoms with Crippen molar-refractivity contribution in [3.8, 4) is 5.75 Å². The van der Waals surface area contributed by atoms with Gasteiger partial charge in [-0.2, -0.15) is 0 Å². The number of carbonyl (C=O) groups excluding carboxylic acids is 1. The molecule has 0 unspecified atom stereocenters. The van der Waals surface area contributed by atoms with Gasteiger partial charge in [0.05, 0.1) is 12.7 Å². The molecule has 2 aromatic carbocycles. The maximum Gasteiger partial charge on any atom is 0.258 e. The summed E-state index contributed by atoms with van der Waals surface area (Å²) in [6, 6.07) is 15.1. The van der Waals surface area contributed by atoms with E-state index < -0.39 is 0 Å². The molecule has 3 atom stereocenters. The molecule has 1 saturated heterocycles. The molecule has 5 heteroatoms. The fourth-order valence-corrected chi connectivity index (χ4v) is 5.42. The van der Waals surface area contributed by atoms with E-state index in [0.717, 1.165) is 30.4 Å². The molecule has 2 fully saturated rings. The third-order valence-corrected chi connectivity index (χ3v) is 7.40. The van der Waals surface area contributed by atoms with E-state index in [2.05, 4.69) is 19.2 Å². The van der Waals surface area contributed by atoms with E-state index in [0.29, 0.717) is 24.2 Å². The first-order chi connectivity index (χ1) is 16.5. The fourth-order valence-electron chi connectivity index (χ4n) is 5.42. The Labute approximate surface area is 203 Å². The van der Waals surface area contributed by atoms with Crippen LogP contribution in [-0.2, 0) is 9.53 Å². The van der Waals surface area contributed by atoms with E-state index in [-0.39, 0.29) is 36.4 Å². The maximum atomic E-state index is 13.7. The van der Waals surface area contributed by atoms with E-state index >= 15 is 0 Å². The van der Waals surface area contributed by atoms with Crippen molar-refractivity contribution in [3.63, 3.8) is 0 Å². The van der Waals surface area contributed by atoms with E-state index in [4.69, 9.17) is 9.47 Å². The number of amides is 1. The van der Waals surface area contributed by atoms with Gasteiger partial charge in [0.15, 0.2) is 6.61 Å². The first kappa shape index (κ1) is 24.7. The second-order valence-electron chi connectivity index (χ2n) is 10.3. The minimum atomic E-state index is -0.195. The van der Waals surface area contributed by atoms with Gasteiger partial charge in [0.2, 0.25) is 0 Å². The molecular weight excluding hydrogens is 429 g/mol. The maximum absolute atomic E-state index is 13.7. The SMILES string of the molecule is CC(C)[C@@H]1C[C@H](c2cccc(F)c2)CO[C@H]1c1ccc(OCC(=O)NC2CCCCCC2)cc1. The molecule has 0 aromatic heterocycles. The largest absolute Gasteiger partial charge is 0.484 e. The molecule has 0 radical (unpaired) electrons. The van der Waals surface area contributed by atoms with Gasteiger partial charge in [-0.25, -0.2) is 4.39 Å². The molecule has 1 saturated carbocycles. The molecule has 4 rings (SSSR count). The minimum absolute atomic E-state index is 0.00241. The topological polar surface area (TPSA) is 47.6 Å². The summed E-state index contributed by atoms with van der Waals surface area (Å²) in [6.07, 6.45) is 8.01. The lowest BCUT2D eigenvalue weighted by molar-refractivity contribution is -0.123. The van der Waals surface area contributed by atoms with Crippen LogP contribution in [0.5, 0.6) is 5.75 Å². The van der Waals surface area contributed by atoms with Crippen LogP contribution in [0.25, 0.3) is 0 Å². The number of hydrogen-bond acceptors (Lipinski definition) is 3. The molecule has 1 aliphatic carbocycles. The van der Waals surface area contributed by atoms with Crippen LogP contribution in [0, 0.1) is 17.7 Å².